The number of nitrogens with two attached hydrogens (primary N) is 1. The van der Waals surface area contributed by atoms with E-state index < -0.39 is 0 Å². The Morgan fingerprint density at radius 3 is 2.88 bits per heavy atom. The van der Waals surface area contributed by atoms with Crippen molar-refractivity contribution in [3.05, 3.63) is 46.8 Å². The summed E-state index contributed by atoms with van der Waals surface area (Å²) in [7, 11) is 0. The van der Waals surface area contributed by atoms with E-state index in [0.29, 0.717) is 18.4 Å². The normalized spacial score (nSPS) is 15.1. The van der Waals surface area contributed by atoms with Crippen LogP contribution in [-0.2, 0) is 6.54 Å². The van der Waals surface area contributed by atoms with E-state index in [4.69, 9.17) is 5.73 Å². The van der Waals surface area contributed by atoms with Crippen LogP contribution in [0.15, 0.2) is 35.4 Å². The third kappa shape index (κ3) is 1.95. The van der Waals surface area contributed by atoms with E-state index in [1.54, 1.807) is 15.2 Å². The summed E-state index contributed by atoms with van der Waals surface area (Å²) in [5.74, 6) is 0.483. The second-order valence-corrected chi connectivity index (χ2v) is 4.40. The van der Waals surface area contributed by atoms with Gasteiger partial charge in [-0.3, -0.25) is 9.13 Å². The van der Waals surface area contributed by atoms with Crippen LogP contribution in [0.2, 0.25) is 0 Å². The maximum absolute atomic E-state index is 12.0. The fourth-order valence-electron chi connectivity index (χ4n) is 1.94. The lowest BCUT2D eigenvalue weighted by Crippen LogP contribution is -2.24. The van der Waals surface area contributed by atoms with Gasteiger partial charge in [-0.15, -0.1) is 0 Å². The maximum atomic E-state index is 12.0. The minimum absolute atomic E-state index is 0.0386. The summed E-state index contributed by atoms with van der Waals surface area (Å²) in [6, 6.07) is 5.87. The van der Waals surface area contributed by atoms with Crippen molar-refractivity contribution in [1.82, 2.24) is 14.1 Å². The molecule has 0 unspecified atom stereocenters. The first kappa shape index (κ1) is 10.1. The lowest BCUT2D eigenvalue weighted by atomic mass is 10.3. The number of nitrogens with zero attached hydrogens (tertiary/aromatic N) is 3. The number of hydrogen-bond acceptors (Lipinski definition) is 3. The van der Waals surface area contributed by atoms with Gasteiger partial charge in [-0.25, -0.2) is 9.78 Å². The number of nitrogen functional groups attached to an aromatic ring is 1. The molecule has 3 rings (SSSR count). The lowest BCUT2D eigenvalue weighted by Gasteiger charge is -2.02. The van der Waals surface area contributed by atoms with Crippen LogP contribution in [-0.4, -0.2) is 14.1 Å². The predicted molar refractivity (Wildman–Crippen MR) is 64.7 cm³/mol. The van der Waals surface area contributed by atoms with Gasteiger partial charge in [0.25, 0.3) is 0 Å². The second kappa shape index (κ2) is 3.76. The smallest absolute Gasteiger partial charge is 0.328 e. The van der Waals surface area contributed by atoms with Crippen molar-refractivity contribution in [2.45, 2.75) is 25.4 Å². The molecule has 0 radical (unpaired) electrons. The average molecular weight is 230 g/mol. The predicted octanol–water partition coefficient (Wildman–Crippen LogP) is 1.01. The molecule has 1 saturated carbocycles. The van der Waals surface area contributed by atoms with E-state index in [2.05, 4.69) is 4.98 Å². The highest BCUT2D eigenvalue weighted by atomic mass is 16.1. The van der Waals surface area contributed by atoms with Crippen LogP contribution in [0, 0.1) is 0 Å². The molecule has 0 atom stereocenters. The average Bonchev–Trinajstić information content (AvgIpc) is 3.07. The Morgan fingerprint density at radius 2 is 2.18 bits per heavy atom. The summed E-state index contributed by atoms with van der Waals surface area (Å²) < 4.78 is 3.46. The van der Waals surface area contributed by atoms with Crippen LogP contribution in [0.5, 0.6) is 0 Å². The molecule has 0 aliphatic heterocycles. The summed E-state index contributed by atoms with van der Waals surface area (Å²) in [4.78, 5) is 16.2. The molecule has 2 N–H and O–H groups in total. The van der Waals surface area contributed by atoms with E-state index in [1.165, 1.54) is 0 Å². The summed E-state index contributed by atoms with van der Waals surface area (Å²) in [5.41, 5.74) is 6.45. The summed E-state index contributed by atoms with van der Waals surface area (Å²) in [5, 5.41) is 0. The van der Waals surface area contributed by atoms with Gasteiger partial charge in [-0.1, -0.05) is 6.07 Å². The molecule has 17 heavy (non-hydrogen) atoms. The van der Waals surface area contributed by atoms with Gasteiger partial charge < -0.3 is 5.73 Å². The second-order valence-electron chi connectivity index (χ2n) is 4.40. The molecule has 0 saturated heterocycles. The Labute approximate surface area is 98.5 Å². The SMILES string of the molecule is Nc1cccc(Cn2ccn(C3CC3)c2=O)n1. The van der Waals surface area contributed by atoms with Gasteiger partial charge in [-0.2, -0.15) is 0 Å². The van der Waals surface area contributed by atoms with Crippen LogP contribution in [0.1, 0.15) is 24.6 Å². The zero-order valence-corrected chi connectivity index (χ0v) is 9.41. The highest BCUT2D eigenvalue weighted by molar-refractivity contribution is 5.28. The lowest BCUT2D eigenvalue weighted by molar-refractivity contribution is 0.651. The molecule has 1 aliphatic rings. The van der Waals surface area contributed by atoms with E-state index in [9.17, 15) is 4.79 Å². The maximum Gasteiger partial charge on any atom is 0.328 e. The zero-order chi connectivity index (χ0) is 11.8. The standard InChI is InChI=1S/C12H14N4O/c13-11-3-1-2-9(14-11)8-15-6-7-16(12(15)17)10-4-5-10/h1-3,6-7,10H,4-5,8H2,(H2,13,14). The van der Waals surface area contributed by atoms with Crippen molar-refractivity contribution < 1.29 is 0 Å². The molecule has 88 valence electrons. The third-order valence-corrected chi connectivity index (χ3v) is 2.97. The Balaban J connectivity index is 1.88. The van der Waals surface area contributed by atoms with E-state index >= 15 is 0 Å². The number of hydrogen-bond donors (Lipinski definition) is 1. The Hall–Kier alpha value is -2.04. The summed E-state index contributed by atoms with van der Waals surface area (Å²) in [6.07, 6.45) is 5.89. The Kier molecular flexibility index (Phi) is 2.24. The molecular weight excluding hydrogens is 216 g/mol. The minimum Gasteiger partial charge on any atom is -0.384 e. The molecule has 0 amide bonds. The molecule has 1 fully saturated rings. The topological polar surface area (TPSA) is 65.8 Å². The van der Waals surface area contributed by atoms with E-state index in [-0.39, 0.29) is 5.69 Å². The molecule has 5 heteroatoms. The molecule has 2 aromatic heterocycles. The largest absolute Gasteiger partial charge is 0.384 e. The molecular formula is C12H14N4O. The van der Waals surface area contributed by atoms with Crippen molar-refractivity contribution in [3.8, 4) is 0 Å². The highest BCUT2D eigenvalue weighted by Crippen LogP contribution is 2.33. The Morgan fingerprint density at radius 1 is 1.35 bits per heavy atom. The number of imidazole rings is 1. The number of pyridine rings is 1. The first-order chi connectivity index (χ1) is 8.24. The number of rotatable bonds is 3. The fraction of sp³-hybridized carbons (Fsp3) is 0.333. The first-order valence-corrected chi connectivity index (χ1v) is 5.73. The van der Waals surface area contributed by atoms with Gasteiger partial charge in [0, 0.05) is 18.4 Å². The quantitative estimate of drug-likeness (QED) is 0.855. The van der Waals surface area contributed by atoms with Gasteiger partial charge in [-0.05, 0) is 25.0 Å². The van der Waals surface area contributed by atoms with Crippen LogP contribution in [0.4, 0.5) is 5.82 Å². The third-order valence-electron chi connectivity index (χ3n) is 2.97. The monoisotopic (exact) mass is 230 g/mol. The first-order valence-electron chi connectivity index (χ1n) is 5.73. The van der Waals surface area contributed by atoms with Gasteiger partial charge >= 0.3 is 5.69 Å². The van der Waals surface area contributed by atoms with Gasteiger partial charge in [0.15, 0.2) is 0 Å². The summed E-state index contributed by atoms with van der Waals surface area (Å²) in [6.45, 7) is 0.476. The van der Waals surface area contributed by atoms with Crippen molar-refractivity contribution >= 4 is 5.82 Å². The van der Waals surface area contributed by atoms with Crippen LogP contribution in [0.3, 0.4) is 0 Å². The van der Waals surface area contributed by atoms with Crippen molar-refractivity contribution in [2.75, 3.05) is 5.73 Å². The number of anilines is 1. The van der Waals surface area contributed by atoms with Crippen LogP contribution < -0.4 is 11.4 Å². The van der Waals surface area contributed by atoms with Crippen LogP contribution >= 0.6 is 0 Å². The molecule has 2 heterocycles. The van der Waals surface area contributed by atoms with Crippen molar-refractivity contribution in [2.24, 2.45) is 0 Å². The minimum atomic E-state index is 0.0386. The summed E-state index contributed by atoms with van der Waals surface area (Å²) >= 11 is 0. The molecule has 0 spiro atoms. The van der Waals surface area contributed by atoms with Crippen molar-refractivity contribution in [3.63, 3.8) is 0 Å². The van der Waals surface area contributed by atoms with Gasteiger partial charge in [0.2, 0.25) is 0 Å². The zero-order valence-electron chi connectivity index (χ0n) is 9.41. The number of aromatic nitrogens is 3. The fourth-order valence-corrected chi connectivity index (χ4v) is 1.94. The molecule has 1 aliphatic carbocycles. The van der Waals surface area contributed by atoms with Gasteiger partial charge in [0.05, 0.1) is 12.2 Å². The Bertz CT molecular complexity index is 595. The van der Waals surface area contributed by atoms with Crippen LogP contribution in [0.25, 0.3) is 0 Å². The van der Waals surface area contributed by atoms with Gasteiger partial charge in [0.1, 0.15) is 5.82 Å². The van der Waals surface area contributed by atoms with E-state index in [0.717, 1.165) is 18.5 Å². The molecule has 2 aromatic rings. The highest BCUT2D eigenvalue weighted by Gasteiger charge is 2.25. The molecule has 0 aromatic carbocycles. The molecule has 0 bridgehead atoms. The van der Waals surface area contributed by atoms with E-state index in [1.807, 2.05) is 24.5 Å². The van der Waals surface area contributed by atoms with Crippen molar-refractivity contribution in [1.29, 1.82) is 0 Å². The molecule has 5 nitrogen and oxygen atoms in total.